The van der Waals surface area contributed by atoms with Crippen molar-refractivity contribution in [2.45, 2.75) is 32.6 Å². The highest BCUT2D eigenvalue weighted by atomic mass is 14.9. The molecule has 0 saturated carbocycles. The zero-order valence-corrected chi connectivity index (χ0v) is 10.1. The standard InChI is InChI=1S/C15H16N2/c1-2-12-10-16-15-13-7-3-5-11(9-13)6-4-8-14(12)17-15/h3,5,7,9-10H,2,4,6,8H2,1H3. The third kappa shape index (κ3) is 1.95. The summed E-state index contributed by atoms with van der Waals surface area (Å²) in [6.45, 7) is 2.17. The van der Waals surface area contributed by atoms with Gasteiger partial charge in [-0.2, -0.15) is 0 Å². The molecule has 0 spiro atoms. The first kappa shape index (κ1) is 10.5. The highest BCUT2D eigenvalue weighted by Gasteiger charge is 2.10. The van der Waals surface area contributed by atoms with E-state index in [1.165, 1.54) is 23.2 Å². The summed E-state index contributed by atoms with van der Waals surface area (Å²) in [5.41, 5.74) is 5.07. The molecular weight excluding hydrogens is 208 g/mol. The van der Waals surface area contributed by atoms with E-state index < -0.39 is 0 Å². The Morgan fingerprint density at radius 2 is 2.18 bits per heavy atom. The second-order valence-corrected chi connectivity index (χ2v) is 4.57. The van der Waals surface area contributed by atoms with Crippen molar-refractivity contribution in [3.05, 3.63) is 47.3 Å². The molecule has 86 valence electrons. The zero-order chi connectivity index (χ0) is 11.7. The minimum Gasteiger partial charge on any atom is -0.236 e. The lowest BCUT2D eigenvalue weighted by Crippen LogP contribution is -2.00. The molecule has 2 heterocycles. The molecule has 0 radical (unpaired) electrons. The Kier molecular flexibility index (Phi) is 2.63. The average molecular weight is 224 g/mol. The van der Waals surface area contributed by atoms with Crippen molar-refractivity contribution in [1.29, 1.82) is 0 Å². The van der Waals surface area contributed by atoms with E-state index in [9.17, 15) is 0 Å². The highest BCUT2D eigenvalue weighted by molar-refractivity contribution is 5.56. The zero-order valence-electron chi connectivity index (χ0n) is 10.1. The molecule has 0 fully saturated rings. The van der Waals surface area contributed by atoms with Gasteiger partial charge in [0.05, 0.1) is 0 Å². The molecular formula is C15H16N2. The van der Waals surface area contributed by atoms with E-state index in [1.807, 2.05) is 6.20 Å². The molecule has 2 aromatic rings. The first-order valence-electron chi connectivity index (χ1n) is 6.31. The lowest BCUT2D eigenvalue weighted by atomic mass is 10.0. The first-order valence-corrected chi connectivity index (χ1v) is 6.31. The van der Waals surface area contributed by atoms with Gasteiger partial charge in [-0.15, -0.1) is 0 Å². The van der Waals surface area contributed by atoms with Crippen molar-refractivity contribution in [1.82, 2.24) is 9.97 Å². The molecule has 2 nitrogen and oxygen atoms in total. The van der Waals surface area contributed by atoms with Gasteiger partial charge in [0, 0.05) is 17.5 Å². The van der Waals surface area contributed by atoms with Gasteiger partial charge in [0.15, 0.2) is 5.82 Å². The van der Waals surface area contributed by atoms with Crippen LogP contribution in [0.5, 0.6) is 0 Å². The molecule has 0 saturated heterocycles. The Bertz CT molecular complexity index is 546. The van der Waals surface area contributed by atoms with Crippen LogP contribution in [0, 0.1) is 0 Å². The van der Waals surface area contributed by atoms with E-state index in [0.717, 1.165) is 30.7 Å². The number of aryl methyl sites for hydroxylation is 3. The Hall–Kier alpha value is -1.70. The molecule has 3 rings (SSSR count). The maximum Gasteiger partial charge on any atom is 0.159 e. The third-order valence-corrected chi connectivity index (χ3v) is 3.40. The number of benzene rings is 1. The third-order valence-electron chi connectivity index (χ3n) is 3.40. The van der Waals surface area contributed by atoms with Crippen LogP contribution >= 0.6 is 0 Å². The fourth-order valence-corrected chi connectivity index (χ4v) is 2.42. The van der Waals surface area contributed by atoms with Crippen molar-refractivity contribution in [3.63, 3.8) is 0 Å². The van der Waals surface area contributed by atoms with E-state index in [-0.39, 0.29) is 0 Å². The summed E-state index contributed by atoms with van der Waals surface area (Å²) in [7, 11) is 0. The molecule has 1 aromatic carbocycles. The van der Waals surface area contributed by atoms with E-state index >= 15 is 0 Å². The average Bonchev–Trinajstić information content (AvgIpc) is 2.42. The molecule has 0 aliphatic carbocycles. The van der Waals surface area contributed by atoms with Crippen LogP contribution in [0.2, 0.25) is 0 Å². The summed E-state index contributed by atoms with van der Waals surface area (Å²) in [5.74, 6) is 0.876. The molecule has 1 aromatic heterocycles. The summed E-state index contributed by atoms with van der Waals surface area (Å²) in [6, 6.07) is 8.61. The number of aromatic nitrogens is 2. The van der Waals surface area contributed by atoms with Gasteiger partial charge < -0.3 is 0 Å². The molecule has 0 unspecified atom stereocenters. The molecule has 4 bridgehead atoms. The Balaban J connectivity index is 2.17. The molecule has 0 atom stereocenters. The summed E-state index contributed by atoms with van der Waals surface area (Å²) in [4.78, 5) is 9.21. The summed E-state index contributed by atoms with van der Waals surface area (Å²) >= 11 is 0. The van der Waals surface area contributed by atoms with Gasteiger partial charge in [0.1, 0.15) is 0 Å². The van der Waals surface area contributed by atoms with E-state index in [4.69, 9.17) is 4.98 Å². The Morgan fingerprint density at radius 3 is 3.06 bits per heavy atom. The summed E-state index contributed by atoms with van der Waals surface area (Å²) < 4.78 is 0. The minimum absolute atomic E-state index is 0.876. The number of fused-ring (bicyclic) bond motifs is 5. The van der Waals surface area contributed by atoms with Crippen LogP contribution < -0.4 is 0 Å². The maximum atomic E-state index is 4.73. The number of hydrogen-bond donors (Lipinski definition) is 0. The minimum atomic E-state index is 0.876. The Morgan fingerprint density at radius 1 is 1.24 bits per heavy atom. The van der Waals surface area contributed by atoms with Crippen LogP contribution in [0.3, 0.4) is 0 Å². The van der Waals surface area contributed by atoms with Crippen LogP contribution in [0.15, 0.2) is 30.5 Å². The maximum absolute atomic E-state index is 4.73. The fourth-order valence-electron chi connectivity index (χ4n) is 2.42. The second-order valence-electron chi connectivity index (χ2n) is 4.57. The fraction of sp³-hybridized carbons (Fsp3) is 0.333. The summed E-state index contributed by atoms with van der Waals surface area (Å²) in [5, 5.41) is 0. The molecule has 17 heavy (non-hydrogen) atoms. The van der Waals surface area contributed by atoms with Gasteiger partial charge in [-0.1, -0.05) is 25.1 Å². The number of nitrogens with zero attached hydrogens (tertiary/aromatic N) is 2. The van der Waals surface area contributed by atoms with Crippen LogP contribution in [-0.4, -0.2) is 9.97 Å². The van der Waals surface area contributed by atoms with Gasteiger partial charge in [-0.05, 0) is 42.9 Å². The highest BCUT2D eigenvalue weighted by Crippen LogP contribution is 2.22. The van der Waals surface area contributed by atoms with Crippen LogP contribution in [0.4, 0.5) is 0 Å². The van der Waals surface area contributed by atoms with Gasteiger partial charge in [0.25, 0.3) is 0 Å². The summed E-state index contributed by atoms with van der Waals surface area (Å²) in [6.07, 6.45) is 6.39. The van der Waals surface area contributed by atoms with Crippen LogP contribution in [-0.2, 0) is 19.3 Å². The SMILES string of the molecule is CCc1cnc2nc1CCCc1cccc-2c1. The van der Waals surface area contributed by atoms with Crippen molar-refractivity contribution >= 4 is 0 Å². The molecule has 1 aliphatic heterocycles. The van der Waals surface area contributed by atoms with E-state index in [0.29, 0.717) is 0 Å². The second kappa shape index (κ2) is 4.28. The first-order chi connectivity index (χ1) is 8.36. The molecule has 1 aliphatic rings. The Labute approximate surface area is 102 Å². The number of rotatable bonds is 1. The van der Waals surface area contributed by atoms with Gasteiger partial charge in [-0.25, -0.2) is 9.97 Å². The largest absolute Gasteiger partial charge is 0.236 e. The van der Waals surface area contributed by atoms with E-state index in [1.54, 1.807) is 0 Å². The molecule has 0 amide bonds. The van der Waals surface area contributed by atoms with Crippen LogP contribution in [0.25, 0.3) is 11.4 Å². The lowest BCUT2D eigenvalue weighted by molar-refractivity contribution is 0.787. The molecule has 0 N–H and O–H groups in total. The predicted octanol–water partition coefficient (Wildman–Crippen LogP) is 3.19. The van der Waals surface area contributed by atoms with Crippen molar-refractivity contribution in [3.8, 4) is 11.4 Å². The topological polar surface area (TPSA) is 25.8 Å². The van der Waals surface area contributed by atoms with Crippen molar-refractivity contribution < 1.29 is 0 Å². The van der Waals surface area contributed by atoms with Gasteiger partial charge in [-0.3, -0.25) is 0 Å². The predicted molar refractivity (Wildman–Crippen MR) is 68.9 cm³/mol. The quantitative estimate of drug-likeness (QED) is 0.743. The van der Waals surface area contributed by atoms with Crippen molar-refractivity contribution in [2.24, 2.45) is 0 Å². The van der Waals surface area contributed by atoms with Gasteiger partial charge >= 0.3 is 0 Å². The van der Waals surface area contributed by atoms with Crippen LogP contribution in [0.1, 0.15) is 30.2 Å². The normalized spacial score (nSPS) is 13.7. The lowest BCUT2D eigenvalue weighted by Gasteiger charge is -2.06. The monoisotopic (exact) mass is 224 g/mol. The number of hydrogen-bond acceptors (Lipinski definition) is 2. The molecule has 2 heteroatoms. The van der Waals surface area contributed by atoms with Gasteiger partial charge in [0.2, 0.25) is 0 Å². The van der Waals surface area contributed by atoms with E-state index in [2.05, 4.69) is 36.2 Å². The van der Waals surface area contributed by atoms with Crippen molar-refractivity contribution in [2.75, 3.05) is 0 Å². The smallest absolute Gasteiger partial charge is 0.159 e.